The summed E-state index contributed by atoms with van der Waals surface area (Å²) < 4.78 is 5.08. The third-order valence-electron chi connectivity index (χ3n) is 4.85. The van der Waals surface area contributed by atoms with Gasteiger partial charge in [-0.3, -0.25) is 14.5 Å². The third kappa shape index (κ3) is 4.15. The second kappa shape index (κ2) is 9.33. The Morgan fingerprint density at radius 1 is 0.929 bits per heavy atom. The van der Waals surface area contributed by atoms with Crippen LogP contribution in [-0.2, 0) is 20.9 Å². The van der Waals surface area contributed by atoms with Crippen molar-refractivity contribution in [3.05, 3.63) is 77.5 Å². The lowest BCUT2D eigenvalue weighted by Crippen LogP contribution is -2.36. The van der Waals surface area contributed by atoms with Crippen molar-refractivity contribution in [2.75, 3.05) is 26.8 Å². The van der Waals surface area contributed by atoms with Crippen LogP contribution in [0.5, 0.6) is 0 Å². The molecule has 0 spiro atoms. The van der Waals surface area contributed by atoms with Gasteiger partial charge in [0.25, 0.3) is 11.8 Å². The summed E-state index contributed by atoms with van der Waals surface area (Å²) in [5.41, 5.74) is 2.85. The van der Waals surface area contributed by atoms with Gasteiger partial charge in [0.05, 0.1) is 5.57 Å². The summed E-state index contributed by atoms with van der Waals surface area (Å²) in [6.45, 7) is 4.08. The van der Waals surface area contributed by atoms with Crippen LogP contribution in [0.2, 0.25) is 0 Å². The van der Waals surface area contributed by atoms with Crippen LogP contribution in [0.25, 0.3) is 5.57 Å². The molecule has 0 unspecified atom stereocenters. The van der Waals surface area contributed by atoms with E-state index in [1.54, 1.807) is 7.11 Å². The van der Waals surface area contributed by atoms with E-state index in [1.807, 2.05) is 72.5 Å². The highest BCUT2D eigenvalue weighted by Crippen LogP contribution is 2.32. The Hall–Kier alpha value is -2.92. The Bertz CT molecular complexity index is 847. The lowest BCUT2D eigenvalue weighted by Gasteiger charge is -2.25. The lowest BCUT2D eigenvalue weighted by molar-refractivity contribution is -0.137. The molecule has 0 bridgehead atoms. The van der Waals surface area contributed by atoms with Gasteiger partial charge in [-0.15, -0.1) is 0 Å². The number of rotatable bonds is 9. The molecule has 0 fully saturated rings. The average molecular weight is 378 g/mol. The van der Waals surface area contributed by atoms with E-state index in [0.29, 0.717) is 43.9 Å². The van der Waals surface area contributed by atoms with Crippen molar-refractivity contribution >= 4 is 17.4 Å². The molecule has 0 atom stereocenters. The van der Waals surface area contributed by atoms with Crippen LogP contribution in [0, 0.1) is 0 Å². The molecule has 1 aliphatic rings. The number of carbonyl (C=O) groups is 2. The van der Waals surface area contributed by atoms with E-state index in [2.05, 4.69) is 0 Å². The SMILES string of the molecule is CCN(Cc1ccccc1)C1=C(c2ccccc2)C(=O)N(CCCOC)C1=O. The quantitative estimate of drug-likeness (QED) is 0.496. The number of imide groups is 1. The predicted octanol–water partition coefficient (Wildman–Crippen LogP) is 3.33. The zero-order chi connectivity index (χ0) is 19.9. The standard InChI is InChI=1S/C23H26N2O3/c1-3-24(17-18-11-6-4-7-12-18)21-20(19-13-8-5-9-14-19)22(26)25(23(21)27)15-10-16-28-2/h4-9,11-14H,3,10,15-17H2,1-2H3. The Balaban J connectivity index is 1.99. The van der Waals surface area contributed by atoms with E-state index in [9.17, 15) is 9.59 Å². The van der Waals surface area contributed by atoms with Crippen LogP contribution in [-0.4, -0.2) is 48.4 Å². The number of hydrogen-bond donors (Lipinski definition) is 0. The number of ether oxygens (including phenoxy) is 1. The van der Waals surface area contributed by atoms with Crippen molar-refractivity contribution in [3.8, 4) is 0 Å². The molecule has 1 aliphatic heterocycles. The molecule has 0 N–H and O–H groups in total. The van der Waals surface area contributed by atoms with Crippen LogP contribution in [0.4, 0.5) is 0 Å². The molecule has 3 rings (SSSR count). The summed E-state index contributed by atoms with van der Waals surface area (Å²) in [7, 11) is 1.62. The monoisotopic (exact) mass is 378 g/mol. The highest BCUT2D eigenvalue weighted by atomic mass is 16.5. The highest BCUT2D eigenvalue weighted by molar-refractivity contribution is 6.35. The van der Waals surface area contributed by atoms with E-state index < -0.39 is 0 Å². The third-order valence-corrected chi connectivity index (χ3v) is 4.85. The predicted molar refractivity (Wildman–Crippen MR) is 109 cm³/mol. The number of amides is 2. The summed E-state index contributed by atoms with van der Waals surface area (Å²) in [4.78, 5) is 29.8. The van der Waals surface area contributed by atoms with Gasteiger partial charge in [0.2, 0.25) is 0 Å². The van der Waals surface area contributed by atoms with Crippen molar-refractivity contribution < 1.29 is 14.3 Å². The van der Waals surface area contributed by atoms with Crippen molar-refractivity contribution in [2.24, 2.45) is 0 Å². The Morgan fingerprint density at radius 3 is 2.18 bits per heavy atom. The largest absolute Gasteiger partial charge is 0.385 e. The molecule has 2 aromatic carbocycles. The van der Waals surface area contributed by atoms with Crippen LogP contribution < -0.4 is 0 Å². The molecule has 146 valence electrons. The minimum absolute atomic E-state index is 0.224. The molecule has 28 heavy (non-hydrogen) atoms. The van der Waals surface area contributed by atoms with Gasteiger partial charge in [-0.25, -0.2) is 0 Å². The van der Waals surface area contributed by atoms with Gasteiger partial charge in [0.15, 0.2) is 0 Å². The minimum atomic E-state index is -0.228. The van der Waals surface area contributed by atoms with Gasteiger partial charge in [0, 0.05) is 33.4 Å². The maximum atomic E-state index is 13.2. The molecule has 0 aromatic heterocycles. The summed E-state index contributed by atoms with van der Waals surface area (Å²) >= 11 is 0. The topological polar surface area (TPSA) is 49.9 Å². The molecule has 0 radical (unpaired) electrons. The average Bonchev–Trinajstić information content (AvgIpc) is 2.98. The molecule has 2 aromatic rings. The number of carbonyl (C=O) groups excluding carboxylic acids is 2. The van der Waals surface area contributed by atoms with Gasteiger partial charge >= 0.3 is 0 Å². The zero-order valence-corrected chi connectivity index (χ0v) is 16.4. The fourth-order valence-corrected chi connectivity index (χ4v) is 3.44. The molecule has 0 aliphatic carbocycles. The van der Waals surface area contributed by atoms with Crippen molar-refractivity contribution in [1.29, 1.82) is 0 Å². The van der Waals surface area contributed by atoms with Crippen molar-refractivity contribution in [1.82, 2.24) is 9.80 Å². The number of methoxy groups -OCH3 is 1. The number of hydrogen-bond acceptors (Lipinski definition) is 4. The van der Waals surface area contributed by atoms with Crippen LogP contribution >= 0.6 is 0 Å². The maximum Gasteiger partial charge on any atom is 0.277 e. The Labute approximate surface area is 166 Å². The fourth-order valence-electron chi connectivity index (χ4n) is 3.44. The first kappa shape index (κ1) is 19.8. The van der Waals surface area contributed by atoms with Gasteiger partial charge < -0.3 is 9.64 Å². The van der Waals surface area contributed by atoms with Gasteiger partial charge in [-0.1, -0.05) is 60.7 Å². The van der Waals surface area contributed by atoms with E-state index in [-0.39, 0.29) is 11.8 Å². The Morgan fingerprint density at radius 2 is 1.57 bits per heavy atom. The Kier molecular flexibility index (Phi) is 6.61. The zero-order valence-electron chi connectivity index (χ0n) is 16.4. The van der Waals surface area contributed by atoms with Gasteiger partial charge in [-0.2, -0.15) is 0 Å². The molecule has 1 heterocycles. The summed E-state index contributed by atoms with van der Waals surface area (Å²) in [6, 6.07) is 19.4. The molecule has 0 saturated carbocycles. The van der Waals surface area contributed by atoms with E-state index >= 15 is 0 Å². The van der Waals surface area contributed by atoms with E-state index in [4.69, 9.17) is 4.74 Å². The second-order valence-electron chi connectivity index (χ2n) is 6.70. The molecular weight excluding hydrogens is 352 g/mol. The molecular formula is C23H26N2O3. The molecule has 2 amide bonds. The smallest absolute Gasteiger partial charge is 0.277 e. The summed E-state index contributed by atoms with van der Waals surface area (Å²) in [5, 5.41) is 0. The highest BCUT2D eigenvalue weighted by Gasteiger charge is 2.40. The summed E-state index contributed by atoms with van der Waals surface area (Å²) in [6.07, 6.45) is 0.619. The number of likely N-dealkylation sites (N-methyl/N-ethyl adjacent to an activating group) is 1. The molecule has 5 heteroatoms. The number of nitrogens with zero attached hydrogens (tertiary/aromatic N) is 2. The first-order valence-electron chi connectivity index (χ1n) is 9.61. The maximum absolute atomic E-state index is 13.2. The normalized spacial score (nSPS) is 14.1. The summed E-state index contributed by atoms with van der Waals surface area (Å²) in [5.74, 6) is -0.452. The van der Waals surface area contributed by atoms with Crippen molar-refractivity contribution in [3.63, 3.8) is 0 Å². The number of benzene rings is 2. The molecule has 5 nitrogen and oxygen atoms in total. The van der Waals surface area contributed by atoms with Gasteiger partial charge in [-0.05, 0) is 24.5 Å². The van der Waals surface area contributed by atoms with E-state index in [1.165, 1.54) is 4.90 Å². The molecule has 0 saturated heterocycles. The minimum Gasteiger partial charge on any atom is -0.385 e. The van der Waals surface area contributed by atoms with Crippen LogP contribution in [0.15, 0.2) is 66.4 Å². The first-order valence-corrected chi connectivity index (χ1v) is 9.61. The lowest BCUT2D eigenvalue weighted by atomic mass is 10.0. The van der Waals surface area contributed by atoms with Gasteiger partial charge in [0.1, 0.15) is 5.70 Å². The fraction of sp³-hybridized carbons (Fsp3) is 0.304. The van der Waals surface area contributed by atoms with Crippen LogP contribution in [0.3, 0.4) is 0 Å². The first-order chi connectivity index (χ1) is 13.7. The van der Waals surface area contributed by atoms with Crippen LogP contribution in [0.1, 0.15) is 24.5 Å². The van der Waals surface area contributed by atoms with Crippen molar-refractivity contribution in [2.45, 2.75) is 19.9 Å². The van der Waals surface area contributed by atoms with E-state index in [0.717, 1.165) is 11.1 Å². The second-order valence-corrected chi connectivity index (χ2v) is 6.70.